The quantitative estimate of drug-likeness (QED) is 0.388. The van der Waals surface area contributed by atoms with Crippen molar-refractivity contribution in [2.24, 2.45) is 4.99 Å². The maximum Gasteiger partial charge on any atom is 0.269 e. The van der Waals surface area contributed by atoms with Crippen molar-refractivity contribution in [2.75, 3.05) is 0 Å². The van der Waals surface area contributed by atoms with Crippen molar-refractivity contribution in [3.8, 4) is 0 Å². The molecule has 0 aliphatic carbocycles. The monoisotopic (exact) mass is 126 g/mol. The zero-order chi connectivity index (χ0) is 6.85. The minimum Gasteiger partial charge on any atom is -0.259 e. The van der Waals surface area contributed by atoms with Crippen LogP contribution in [-0.2, 0) is 0 Å². The first-order valence-electron chi connectivity index (χ1n) is 2.57. The van der Waals surface area contributed by atoms with Crippen molar-refractivity contribution >= 4 is 5.71 Å². The van der Waals surface area contributed by atoms with Gasteiger partial charge in [-0.15, -0.1) is 0 Å². The van der Waals surface area contributed by atoms with E-state index in [9.17, 15) is 10.1 Å². The van der Waals surface area contributed by atoms with Gasteiger partial charge in [0.25, 0.3) is 5.70 Å². The molecule has 0 fully saturated rings. The predicted octanol–water partition coefficient (Wildman–Crippen LogP) is 0.969. The Morgan fingerprint density at radius 3 is 2.78 bits per heavy atom. The van der Waals surface area contributed by atoms with Crippen LogP contribution in [-0.4, -0.2) is 10.6 Å². The van der Waals surface area contributed by atoms with Crippen molar-refractivity contribution in [1.82, 2.24) is 0 Å². The first-order chi connectivity index (χ1) is 4.20. The molecular weight excluding hydrogens is 120 g/mol. The van der Waals surface area contributed by atoms with E-state index < -0.39 is 4.92 Å². The molecule has 9 heavy (non-hydrogen) atoms. The number of nitro groups is 1. The Kier molecular flexibility index (Phi) is 1.30. The maximum absolute atomic E-state index is 10.0. The summed E-state index contributed by atoms with van der Waals surface area (Å²) in [6.45, 7) is 1.77. The summed E-state index contributed by atoms with van der Waals surface area (Å²) >= 11 is 0. The summed E-state index contributed by atoms with van der Waals surface area (Å²) in [6.07, 6.45) is 1.70. The normalized spacial score (nSPS) is 17.0. The fourth-order valence-corrected chi connectivity index (χ4v) is 0.650. The van der Waals surface area contributed by atoms with Gasteiger partial charge in [-0.1, -0.05) is 0 Å². The van der Waals surface area contributed by atoms with Crippen LogP contribution in [0.1, 0.15) is 13.3 Å². The van der Waals surface area contributed by atoms with E-state index in [4.69, 9.17) is 0 Å². The Bertz CT molecular complexity index is 205. The molecule has 0 radical (unpaired) electrons. The van der Waals surface area contributed by atoms with Gasteiger partial charge in [0, 0.05) is 5.71 Å². The molecular formula is C5H6N2O2. The lowest BCUT2D eigenvalue weighted by Crippen LogP contribution is -1.98. The van der Waals surface area contributed by atoms with E-state index in [0.717, 1.165) is 5.71 Å². The van der Waals surface area contributed by atoms with Gasteiger partial charge in [-0.2, -0.15) is 0 Å². The summed E-state index contributed by atoms with van der Waals surface area (Å²) in [4.78, 5) is 13.4. The molecule has 0 unspecified atom stereocenters. The van der Waals surface area contributed by atoms with E-state index in [2.05, 4.69) is 4.99 Å². The highest BCUT2D eigenvalue weighted by molar-refractivity contribution is 5.86. The molecule has 0 aromatic heterocycles. The summed E-state index contributed by atoms with van der Waals surface area (Å²) < 4.78 is 0. The van der Waals surface area contributed by atoms with Gasteiger partial charge >= 0.3 is 0 Å². The number of rotatable bonds is 1. The number of allylic oxidation sites excluding steroid dienone is 1. The van der Waals surface area contributed by atoms with E-state index in [1.54, 1.807) is 6.92 Å². The third-order valence-electron chi connectivity index (χ3n) is 1.11. The average Bonchev–Trinajstić information content (AvgIpc) is 2.14. The standard InChI is InChI=1S/C5H6N2O2/c1-4-2-5(3-6-4)7(8)9/h3H,2H2,1H3. The summed E-state index contributed by atoms with van der Waals surface area (Å²) in [5, 5.41) is 10.0. The lowest BCUT2D eigenvalue weighted by Gasteiger charge is -1.86. The van der Waals surface area contributed by atoms with Gasteiger partial charge in [-0.3, -0.25) is 15.1 Å². The first-order valence-corrected chi connectivity index (χ1v) is 2.57. The van der Waals surface area contributed by atoms with Crippen LogP contribution in [0.4, 0.5) is 0 Å². The van der Waals surface area contributed by atoms with Gasteiger partial charge in [0.1, 0.15) is 6.20 Å². The van der Waals surface area contributed by atoms with E-state index in [1.807, 2.05) is 0 Å². The Hall–Kier alpha value is -1.19. The average molecular weight is 126 g/mol. The Morgan fingerprint density at radius 2 is 2.56 bits per heavy atom. The Morgan fingerprint density at radius 1 is 1.89 bits per heavy atom. The van der Waals surface area contributed by atoms with Gasteiger partial charge < -0.3 is 0 Å². The third kappa shape index (κ3) is 1.13. The summed E-state index contributed by atoms with van der Waals surface area (Å²) in [7, 11) is 0. The van der Waals surface area contributed by atoms with E-state index in [1.165, 1.54) is 6.20 Å². The van der Waals surface area contributed by atoms with Gasteiger partial charge in [0.15, 0.2) is 0 Å². The lowest BCUT2D eigenvalue weighted by molar-refractivity contribution is -0.425. The van der Waals surface area contributed by atoms with Crippen molar-refractivity contribution in [1.29, 1.82) is 0 Å². The number of hydrogen-bond acceptors (Lipinski definition) is 3. The van der Waals surface area contributed by atoms with Crippen molar-refractivity contribution in [2.45, 2.75) is 13.3 Å². The fraction of sp³-hybridized carbons (Fsp3) is 0.400. The Balaban J connectivity index is 2.64. The SMILES string of the molecule is CC1=NC=C([N+](=O)[O-])C1. The highest BCUT2D eigenvalue weighted by Crippen LogP contribution is 2.10. The molecule has 1 aliphatic heterocycles. The van der Waals surface area contributed by atoms with Gasteiger partial charge in [0.05, 0.1) is 11.3 Å². The van der Waals surface area contributed by atoms with Gasteiger partial charge in [-0.05, 0) is 6.92 Å². The molecule has 1 aliphatic rings. The number of nitrogens with zero attached hydrogens (tertiary/aromatic N) is 2. The molecule has 0 N–H and O–H groups in total. The lowest BCUT2D eigenvalue weighted by atomic mass is 10.3. The van der Waals surface area contributed by atoms with Gasteiger partial charge in [-0.25, -0.2) is 0 Å². The molecule has 1 rings (SSSR count). The molecule has 0 saturated carbocycles. The first kappa shape index (κ1) is 5.94. The summed E-state index contributed by atoms with van der Waals surface area (Å²) in [5.41, 5.74) is 0.995. The molecule has 48 valence electrons. The van der Waals surface area contributed by atoms with Crippen LogP contribution in [0.5, 0.6) is 0 Å². The summed E-state index contributed by atoms with van der Waals surface area (Å²) in [6, 6.07) is 0. The smallest absolute Gasteiger partial charge is 0.259 e. The Labute approximate surface area is 52.1 Å². The minimum atomic E-state index is -0.403. The predicted molar refractivity (Wildman–Crippen MR) is 32.8 cm³/mol. The molecule has 1 heterocycles. The largest absolute Gasteiger partial charge is 0.269 e. The molecule has 0 atom stereocenters. The fourth-order valence-electron chi connectivity index (χ4n) is 0.650. The highest BCUT2D eigenvalue weighted by Gasteiger charge is 2.15. The van der Waals surface area contributed by atoms with E-state index in [-0.39, 0.29) is 5.70 Å². The van der Waals surface area contributed by atoms with Crippen molar-refractivity contribution < 1.29 is 4.92 Å². The molecule has 0 saturated heterocycles. The van der Waals surface area contributed by atoms with Crippen LogP contribution in [0.25, 0.3) is 0 Å². The minimum absolute atomic E-state index is 0.188. The van der Waals surface area contributed by atoms with Crippen LogP contribution < -0.4 is 0 Å². The second-order valence-electron chi connectivity index (χ2n) is 1.92. The molecule has 4 nitrogen and oxygen atoms in total. The van der Waals surface area contributed by atoms with E-state index >= 15 is 0 Å². The van der Waals surface area contributed by atoms with Crippen LogP contribution >= 0.6 is 0 Å². The zero-order valence-corrected chi connectivity index (χ0v) is 5.00. The number of hydrogen-bond donors (Lipinski definition) is 0. The zero-order valence-electron chi connectivity index (χ0n) is 5.00. The van der Waals surface area contributed by atoms with Crippen LogP contribution in [0.15, 0.2) is 16.9 Å². The molecule has 0 bridgehead atoms. The second-order valence-corrected chi connectivity index (χ2v) is 1.92. The van der Waals surface area contributed by atoms with E-state index in [0.29, 0.717) is 6.42 Å². The second kappa shape index (κ2) is 1.97. The maximum atomic E-state index is 10.0. The topological polar surface area (TPSA) is 55.5 Å². The molecule has 0 aromatic carbocycles. The molecule has 0 amide bonds. The van der Waals surface area contributed by atoms with Crippen LogP contribution in [0.2, 0.25) is 0 Å². The molecule has 0 spiro atoms. The molecule has 0 aromatic rings. The van der Waals surface area contributed by atoms with Crippen LogP contribution in [0.3, 0.4) is 0 Å². The third-order valence-corrected chi connectivity index (χ3v) is 1.11. The van der Waals surface area contributed by atoms with Gasteiger partial charge in [0.2, 0.25) is 0 Å². The van der Waals surface area contributed by atoms with Crippen molar-refractivity contribution in [3.05, 3.63) is 22.0 Å². The van der Waals surface area contributed by atoms with Crippen LogP contribution in [0, 0.1) is 10.1 Å². The highest BCUT2D eigenvalue weighted by atomic mass is 16.6. The number of aliphatic imine (C=N–C) groups is 1. The van der Waals surface area contributed by atoms with Crippen molar-refractivity contribution in [3.63, 3.8) is 0 Å². The molecule has 4 heteroatoms. The summed E-state index contributed by atoms with van der Waals surface area (Å²) in [5.74, 6) is 0.